The highest BCUT2D eigenvalue weighted by molar-refractivity contribution is 5.93. The van der Waals surface area contributed by atoms with Crippen LogP contribution in [0.1, 0.15) is 0 Å². The van der Waals surface area contributed by atoms with Crippen molar-refractivity contribution in [2.24, 2.45) is 0 Å². The zero-order valence-corrected chi connectivity index (χ0v) is 13.0. The lowest BCUT2D eigenvalue weighted by Crippen LogP contribution is -1.96. The fourth-order valence-electron chi connectivity index (χ4n) is 2.73. The predicted molar refractivity (Wildman–Crippen MR) is 93.4 cm³/mol. The Labute approximate surface area is 141 Å². The number of aromatic nitrogens is 7. The van der Waals surface area contributed by atoms with E-state index >= 15 is 0 Å². The molecule has 0 spiro atoms. The molecule has 8 heteroatoms. The zero-order valence-electron chi connectivity index (χ0n) is 13.0. The first-order chi connectivity index (χ1) is 12.4. The highest BCUT2D eigenvalue weighted by atomic mass is 15.1. The maximum atomic E-state index is 4.53. The average Bonchev–Trinajstić information content (AvgIpc) is 3.28. The van der Waals surface area contributed by atoms with Gasteiger partial charge in [-0.15, -0.1) is 0 Å². The third kappa shape index (κ3) is 2.36. The van der Waals surface area contributed by atoms with E-state index in [1.807, 2.05) is 35.1 Å². The second kappa shape index (κ2) is 5.38. The summed E-state index contributed by atoms with van der Waals surface area (Å²) in [5, 5.41) is 4.09. The molecular weight excluding hydrogens is 316 g/mol. The van der Waals surface area contributed by atoms with Gasteiger partial charge in [0.1, 0.15) is 5.65 Å². The van der Waals surface area contributed by atoms with Gasteiger partial charge in [0.05, 0.1) is 0 Å². The number of fused-ring (bicyclic) bond motifs is 2. The van der Waals surface area contributed by atoms with Crippen molar-refractivity contribution in [1.29, 1.82) is 0 Å². The van der Waals surface area contributed by atoms with Crippen molar-refractivity contribution in [3.8, 4) is 11.1 Å². The zero-order chi connectivity index (χ0) is 16.6. The number of nitrogens with one attached hydrogen (secondary N) is 2. The van der Waals surface area contributed by atoms with Gasteiger partial charge in [0.2, 0.25) is 11.7 Å². The van der Waals surface area contributed by atoms with E-state index in [0.717, 1.165) is 27.8 Å². The molecule has 0 aromatic carbocycles. The Morgan fingerprint density at radius 1 is 1.00 bits per heavy atom. The molecule has 0 atom stereocenters. The van der Waals surface area contributed by atoms with Gasteiger partial charge >= 0.3 is 0 Å². The first-order valence-electron chi connectivity index (χ1n) is 7.67. The van der Waals surface area contributed by atoms with E-state index in [1.54, 1.807) is 31.0 Å². The van der Waals surface area contributed by atoms with Gasteiger partial charge in [-0.3, -0.25) is 9.38 Å². The van der Waals surface area contributed by atoms with Gasteiger partial charge in [-0.1, -0.05) is 0 Å². The van der Waals surface area contributed by atoms with Gasteiger partial charge in [0.15, 0.2) is 0 Å². The molecular formula is C17H12N8. The molecule has 2 N–H and O–H groups in total. The van der Waals surface area contributed by atoms with Crippen molar-refractivity contribution in [2.75, 3.05) is 5.32 Å². The highest BCUT2D eigenvalue weighted by Gasteiger charge is 2.10. The van der Waals surface area contributed by atoms with Crippen LogP contribution in [-0.4, -0.2) is 34.3 Å². The van der Waals surface area contributed by atoms with Crippen LogP contribution in [0.15, 0.2) is 61.7 Å². The van der Waals surface area contributed by atoms with E-state index in [2.05, 4.69) is 35.2 Å². The maximum Gasteiger partial charge on any atom is 0.233 e. The number of nitrogens with zero attached hydrogens (tertiary/aromatic N) is 6. The summed E-state index contributed by atoms with van der Waals surface area (Å²) in [5.41, 5.74) is 3.60. The molecule has 0 bridgehead atoms. The lowest BCUT2D eigenvalue weighted by atomic mass is 10.1. The third-order valence-electron chi connectivity index (χ3n) is 3.93. The van der Waals surface area contributed by atoms with E-state index in [1.165, 1.54) is 0 Å². The van der Waals surface area contributed by atoms with E-state index in [-0.39, 0.29) is 0 Å². The smallest absolute Gasteiger partial charge is 0.233 e. The molecule has 0 aliphatic carbocycles. The molecule has 5 rings (SSSR count). The van der Waals surface area contributed by atoms with Crippen molar-refractivity contribution >= 4 is 28.4 Å². The second-order valence-electron chi connectivity index (χ2n) is 5.50. The summed E-state index contributed by atoms with van der Waals surface area (Å²) in [7, 11) is 0. The minimum Gasteiger partial charge on any atom is -0.345 e. The normalized spacial score (nSPS) is 11.2. The molecule has 5 aromatic rings. The molecule has 0 saturated carbocycles. The van der Waals surface area contributed by atoms with Crippen molar-refractivity contribution < 1.29 is 0 Å². The van der Waals surface area contributed by atoms with Crippen molar-refractivity contribution in [2.45, 2.75) is 0 Å². The number of H-pyrrole nitrogens is 1. The summed E-state index contributed by atoms with van der Waals surface area (Å²) in [6.07, 6.45) is 14.5. The summed E-state index contributed by atoms with van der Waals surface area (Å²) in [4.78, 5) is 24.7. The third-order valence-corrected chi connectivity index (χ3v) is 3.93. The van der Waals surface area contributed by atoms with Gasteiger partial charge in [-0.2, -0.15) is 4.98 Å². The van der Waals surface area contributed by atoms with Crippen LogP contribution in [-0.2, 0) is 0 Å². The Morgan fingerprint density at radius 3 is 2.84 bits per heavy atom. The number of pyridine rings is 1. The van der Waals surface area contributed by atoms with Gasteiger partial charge < -0.3 is 10.3 Å². The van der Waals surface area contributed by atoms with Gasteiger partial charge in [0.25, 0.3) is 0 Å². The number of hydrogen-bond donors (Lipinski definition) is 2. The monoisotopic (exact) mass is 328 g/mol. The Bertz CT molecular complexity index is 1180. The summed E-state index contributed by atoms with van der Waals surface area (Å²) < 4.78 is 1.88. The van der Waals surface area contributed by atoms with E-state index < -0.39 is 0 Å². The van der Waals surface area contributed by atoms with Crippen LogP contribution in [0.2, 0.25) is 0 Å². The van der Waals surface area contributed by atoms with Crippen LogP contribution in [0.5, 0.6) is 0 Å². The topological polar surface area (TPSA) is 96.7 Å². The Balaban J connectivity index is 1.54. The van der Waals surface area contributed by atoms with Crippen LogP contribution >= 0.6 is 0 Å². The Kier molecular flexibility index (Phi) is 2.93. The molecule has 0 saturated heterocycles. The molecule has 0 unspecified atom stereocenters. The number of aromatic amines is 1. The lowest BCUT2D eigenvalue weighted by Gasteiger charge is -2.04. The second-order valence-corrected chi connectivity index (χ2v) is 5.50. The molecule has 5 aromatic heterocycles. The maximum absolute atomic E-state index is 4.53. The Morgan fingerprint density at radius 2 is 1.92 bits per heavy atom. The molecule has 0 radical (unpaired) electrons. The fourth-order valence-corrected chi connectivity index (χ4v) is 2.73. The quantitative estimate of drug-likeness (QED) is 0.528. The van der Waals surface area contributed by atoms with Crippen molar-refractivity contribution in [1.82, 2.24) is 34.3 Å². The van der Waals surface area contributed by atoms with Crippen molar-refractivity contribution in [3.63, 3.8) is 0 Å². The van der Waals surface area contributed by atoms with Gasteiger partial charge in [-0.05, 0) is 12.1 Å². The summed E-state index contributed by atoms with van der Waals surface area (Å²) in [6.45, 7) is 0. The molecule has 0 aliphatic heterocycles. The number of hydrogen-bond acceptors (Lipinski definition) is 6. The largest absolute Gasteiger partial charge is 0.345 e. The fraction of sp³-hybridized carbons (Fsp3) is 0. The molecule has 0 aliphatic rings. The molecule has 5 heterocycles. The van der Waals surface area contributed by atoms with E-state index in [0.29, 0.717) is 11.7 Å². The van der Waals surface area contributed by atoms with Crippen molar-refractivity contribution in [3.05, 3.63) is 61.7 Å². The number of anilines is 2. The van der Waals surface area contributed by atoms with E-state index in [4.69, 9.17) is 0 Å². The SMILES string of the molecule is c1cc(Nc2ncc3c(-c4cnc5nccn5c4)c[nH]c3n2)ccn1. The van der Waals surface area contributed by atoms with Crippen LogP contribution in [0.4, 0.5) is 11.6 Å². The first kappa shape index (κ1) is 13.6. The predicted octanol–water partition coefficient (Wildman–Crippen LogP) is 2.81. The molecule has 8 nitrogen and oxygen atoms in total. The molecule has 0 fully saturated rings. The van der Waals surface area contributed by atoms with Crippen LogP contribution in [0, 0.1) is 0 Å². The van der Waals surface area contributed by atoms with Gasteiger partial charge in [0, 0.05) is 71.8 Å². The minimum absolute atomic E-state index is 0.523. The number of rotatable bonds is 3. The highest BCUT2D eigenvalue weighted by Crippen LogP contribution is 2.27. The summed E-state index contributed by atoms with van der Waals surface area (Å²) in [6, 6.07) is 3.72. The summed E-state index contributed by atoms with van der Waals surface area (Å²) in [5.74, 6) is 1.19. The Hall–Kier alpha value is -3.81. The van der Waals surface area contributed by atoms with Gasteiger partial charge in [-0.25, -0.2) is 15.0 Å². The average molecular weight is 328 g/mol. The first-order valence-corrected chi connectivity index (χ1v) is 7.67. The molecule has 25 heavy (non-hydrogen) atoms. The van der Waals surface area contributed by atoms with Crippen LogP contribution in [0.3, 0.4) is 0 Å². The minimum atomic E-state index is 0.523. The lowest BCUT2D eigenvalue weighted by molar-refractivity contribution is 1.11. The number of imidazole rings is 1. The van der Waals surface area contributed by atoms with E-state index in [9.17, 15) is 0 Å². The van der Waals surface area contributed by atoms with Crippen LogP contribution in [0.25, 0.3) is 27.9 Å². The molecule has 120 valence electrons. The summed E-state index contributed by atoms with van der Waals surface area (Å²) >= 11 is 0. The molecule has 0 amide bonds. The van der Waals surface area contributed by atoms with Crippen LogP contribution < -0.4 is 5.32 Å². The standard InChI is InChI=1S/C17H12N8/c1-3-18-4-2-12(1)23-16-21-9-14-13(8-20-15(14)24-16)11-7-22-17-19-5-6-25(17)10-11/h1-10H,(H2,18,20,21,23,24).